The summed E-state index contributed by atoms with van der Waals surface area (Å²) >= 11 is 1.99. The fourth-order valence-electron chi connectivity index (χ4n) is 8.98. The molecule has 10 rings (SSSR count). The molecule has 6 heteroatoms. The molecule has 4 nitrogen and oxygen atoms in total. The number of para-hydroxylation sites is 3. The number of hydrogen-bond donors (Lipinski definition) is 0. The van der Waals surface area contributed by atoms with Gasteiger partial charge in [0.2, 0.25) is 11.7 Å². The molecule has 48 heavy (non-hydrogen) atoms. The molecule has 2 aliphatic heterocycles. The minimum Gasteiger partial charge on any atom is -0.429 e. The average Bonchev–Trinajstić information content (AvgIpc) is 3.57. The third-order valence-electron chi connectivity index (χ3n) is 11.4. The Balaban J connectivity index is 1.31. The normalized spacial score (nSPS) is 18.9. The van der Waals surface area contributed by atoms with E-state index in [1.807, 2.05) is 11.3 Å². The van der Waals surface area contributed by atoms with E-state index in [4.69, 9.17) is 4.74 Å². The molecule has 0 amide bonds. The topological polar surface area (TPSA) is 21.9 Å². The molecule has 0 spiro atoms. The van der Waals surface area contributed by atoms with Crippen molar-refractivity contribution in [1.82, 2.24) is 4.57 Å². The molecule has 5 heterocycles. The second kappa shape index (κ2) is 10.4. The summed E-state index contributed by atoms with van der Waals surface area (Å²) in [5, 5.41) is 4.26. The molecule has 1 fully saturated rings. The fraction of sp³-hybridized carbons (Fsp3) is 0.286. The van der Waals surface area contributed by atoms with Crippen LogP contribution in [0.4, 0.5) is 0 Å². The number of nitrogens with zero attached hydrogens (tertiary/aromatic N) is 3. The van der Waals surface area contributed by atoms with Gasteiger partial charge in [0.05, 0.1) is 20.7 Å². The van der Waals surface area contributed by atoms with Crippen LogP contribution in [0.15, 0.2) is 97.2 Å². The van der Waals surface area contributed by atoms with E-state index in [9.17, 15) is 0 Å². The van der Waals surface area contributed by atoms with Crippen LogP contribution in [-0.4, -0.2) is 12.6 Å². The molecule has 3 aromatic heterocycles. The Labute approximate surface area is 286 Å². The summed E-state index contributed by atoms with van der Waals surface area (Å²) in [6, 6.07) is 34.5. The number of thiophene rings is 1. The maximum Gasteiger partial charge on any atom is 0.348 e. The van der Waals surface area contributed by atoms with Gasteiger partial charge in [0.25, 0.3) is 5.82 Å². The molecule has 238 valence electrons. The van der Waals surface area contributed by atoms with Gasteiger partial charge in [-0.15, -0.1) is 11.3 Å². The van der Waals surface area contributed by atoms with Crippen LogP contribution in [0, 0.1) is 0 Å². The number of fused-ring (bicyclic) bond motifs is 16. The predicted molar refractivity (Wildman–Crippen MR) is 200 cm³/mol. The smallest absolute Gasteiger partial charge is 0.348 e. The van der Waals surface area contributed by atoms with Gasteiger partial charge in [-0.2, -0.15) is 4.57 Å². The van der Waals surface area contributed by atoms with Gasteiger partial charge in [0.15, 0.2) is 17.2 Å². The van der Waals surface area contributed by atoms with Crippen molar-refractivity contribution in [2.75, 3.05) is 0 Å². The van der Waals surface area contributed by atoms with Gasteiger partial charge in [0.1, 0.15) is 11.3 Å². The molecule has 0 N–H and O–H groups in total. The summed E-state index contributed by atoms with van der Waals surface area (Å²) in [5.74, 6) is 2.75. The second-order valence-electron chi connectivity index (χ2n) is 15.2. The highest BCUT2D eigenvalue weighted by molar-refractivity contribution is 7.26. The lowest BCUT2D eigenvalue weighted by Crippen LogP contribution is -2.58. The first kappa shape index (κ1) is 28.7. The van der Waals surface area contributed by atoms with Gasteiger partial charge >= 0.3 is 6.23 Å². The largest absolute Gasteiger partial charge is 0.429 e. The highest BCUT2D eigenvalue weighted by Crippen LogP contribution is 2.49. The molecule has 7 aromatic rings. The third kappa shape index (κ3) is 4.05. The van der Waals surface area contributed by atoms with Gasteiger partial charge in [-0.1, -0.05) is 92.6 Å². The molecule has 2 atom stereocenters. The van der Waals surface area contributed by atoms with Crippen LogP contribution >= 0.6 is 11.3 Å². The van der Waals surface area contributed by atoms with Crippen molar-refractivity contribution in [2.45, 2.75) is 69.9 Å². The summed E-state index contributed by atoms with van der Waals surface area (Å²) in [6.45, 7) is 7.35. The lowest BCUT2D eigenvalue weighted by atomic mass is 9.83. The first-order chi connectivity index (χ1) is 23.4. The number of imidazole rings is 1. The Morgan fingerprint density at radius 1 is 0.833 bits per heavy atom. The van der Waals surface area contributed by atoms with Crippen molar-refractivity contribution in [3.8, 4) is 28.4 Å². The summed E-state index contributed by atoms with van der Waals surface area (Å²) in [7, 11) is 0.751. The standard InChI is InChI=1S/C42H41N3OSSi/c1-43-33-15-9-10-16-34(33)45-39-32-21-20-30-29-19-18-28(48(2,3)4)25-37(29)47-40(30)38(32)35-24-27(26-12-6-5-7-13-26)22-23-44(35)42(39)46-36-17-11-8-14-31(36)41(43)45/h8-11,14-26,39,42H,5-7,12-13H2,1-4H3/q+2. The van der Waals surface area contributed by atoms with Crippen LogP contribution in [0.5, 0.6) is 5.75 Å². The van der Waals surface area contributed by atoms with Crippen molar-refractivity contribution >= 4 is 55.8 Å². The highest BCUT2D eigenvalue weighted by atomic mass is 32.1. The van der Waals surface area contributed by atoms with Crippen LogP contribution in [0.25, 0.3) is 53.9 Å². The average molecular weight is 664 g/mol. The van der Waals surface area contributed by atoms with Crippen molar-refractivity contribution in [3.05, 3.63) is 108 Å². The summed E-state index contributed by atoms with van der Waals surface area (Å²) in [4.78, 5) is 0. The van der Waals surface area contributed by atoms with E-state index in [1.165, 1.54) is 96.7 Å². The molecular formula is C42H41N3OSSi+2. The Kier molecular flexibility index (Phi) is 6.20. The van der Waals surface area contributed by atoms with E-state index in [1.54, 1.807) is 0 Å². The van der Waals surface area contributed by atoms with Crippen molar-refractivity contribution in [2.24, 2.45) is 7.05 Å². The number of pyridine rings is 1. The van der Waals surface area contributed by atoms with Crippen molar-refractivity contribution < 1.29 is 13.9 Å². The van der Waals surface area contributed by atoms with Crippen molar-refractivity contribution in [1.29, 1.82) is 0 Å². The summed E-state index contributed by atoms with van der Waals surface area (Å²) in [5.41, 5.74) is 9.10. The van der Waals surface area contributed by atoms with E-state index >= 15 is 0 Å². The van der Waals surface area contributed by atoms with Crippen LogP contribution in [-0.2, 0) is 7.05 Å². The number of aryl methyl sites for hydroxylation is 1. The third-order valence-corrected chi connectivity index (χ3v) is 14.7. The van der Waals surface area contributed by atoms with E-state index in [0.717, 1.165) is 11.3 Å². The Bertz CT molecular complexity index is 2440. The number of aromatic nitrogens is 3. The molecule has 1 aliphatic carbocycles. The van der Waals surface area contributed by atoms with Gasteiger partial charge in [-0.25, -0.2) is 9.13 Å². The molecule has 4 aromatic carbocycles. The number of ether oxygens (including phenoxy) is 1. The number of benzene rings is 4. The highest BCUT2D eigenvalue weighted by Gasteiger charge is 2.52. The second-order valence-corrected chi connectivity index (χ2v) is 21.4. The quantitative estimate of drug-likeness (QED) is 0.133. The Morgan fingerprint density at radius 2 is 1.62 bits per heavy atom. The fourth-order valence-corrected chi connectivity index (χ4v) is 11.6. The van der Waals surface area contributed by atoms with E-state index in [2.05, 4.69) is 138 Å². The zero-order valence-corrected chi connectivity index (χ0v) is 30.0. The molecular weight excluding hydrogens is 623 g/mol. The van der Waals surface area contributed by atoms with E-state index < -0.39 is 8.07 Å². The molecule has 3 aliphatic rings. The first-order valence-electron chi connectivity index (χ1n) is 17.7. The number of rotatable bonds is 2. The molecule has 1 saturated carbocycles. The van der Waals surface area contributed by atoms with Gasteiger partial charge in [-0.3, -0.25) is 0 Å². The van der Waals surface area contributed by atoms with Gasteiger partial charge in [-0.05, 0) is 54.7 Å². The van der Waals surface area contributed by atoms with Crippen LogP contribution in [0.2, 0.25) is 19.6 Å². The zero-order valence-electron chi connectivity index (χ0n) is 28.2. The maximum atomic E-state index is 7.24. The Morgan fingerprint density at radius 3 is 2.48 bits per heavy atom. The number of hydrogen-bond acceptors (Lipinski definition) is 2. The molecule has 0 bridgehead atoms. The monoisotopic (exact) mass is 663 g/mol. The zero-order chi connectivity index (χ0) is 32.3. The summed E-state index contributed by atoms with van der Waals surface area (Å²) < 4.78 is 17.4. The van der Waals surface area contributed by atoms with E-state index in [0.29, 0.717) is 5.92 Å². The predicted octanol–water partition coefficient (Wildman–Crippen LogP) is 9.54. The SMILES string of the molecule is Cn1c2[n+](c3ccccc31)C1c3ccc4c(sc5cc([Si](C)(C)C)ccc54)c3-c3cc(C4CCCCC4)cc[n+]3C1Oc1ccccc1-2. The lowest BCUT2D eigenvalue weighted by molar-refractivity contribution is -0.816. The van der Waals surface area contributed by atoms with E-state index in [-0.39, 0.29) is 12.3 Å². The van der Waals surface area contributed by atoms with Gasteiger partial charge < -0.3 is 4.74 Å². The van der Waals surface area contributed by atoms with Crippen LogP contribution in [0.3, 0.4) is 0 Å². The van der Waals surface area contributed by atoms with Crippen LogP contribution in [0.1, 0.15) is 61.4 Å². The van der Waals surface area contributed by atoms with Gasteiger partial charge in [0, 0.05) is 37.9 Å². The van der Waals surface area contributed by atoms with Crippen LogP contribution < -0.4 is 19.1 Å². The Hall–Kier alpha value is -4.26. The minimum absolute atomic E-state index is 0.0568. The minimum atomic E-state index is -1.46. The molecule has 2 unspecified atom stereocenters. The molecule has 0 saturated heterocycles. The van der Waals surface area contributed by atoms with Crippen molar-refractivity contribution in [3.63, 3.8) is 0 Å². The first-order valence-corrected chi connectivity index (χ1v) is 22.0. The molecule has 0 radical (unpaired) electrons. The lowest BCUT2D eigenvalue weighted by Gasteiger charge is -2.29. The summed E-state index contributed by atoms with van der Waals surface area (Å²) in [6.07, 6.45) is 8.71. The maximum absolute atomic E-state index is 7.24.